The summed E-state index contributed by atoms with van der Waals surface area (Å²) in [6.07, 6.45) is 4.92. The van der Waals surface area contributed by atoms with Crippen molar-refractivity contribution in [2.75, 3.05) is 5.32 Å². The van der Waals surface area contributed by atoms with Crippen molar-refractivity contribution in [1.82, 2.24) is 0 Å². The molecule has 0 spiro atoms. The lowest BCUT2D eigenvalue weighted by atomic mass is 10.0. The average Bonchev–Trinajstić information content (AvgIpc) is 2.61. The van der Waals surface area contributed by atoms with Gasteiger partial charge in [0.05, 0.1) is 0 Å². The fourth-order valence-corrected chi connectivity index (χ4v) is 3.00. The van der Waals surface area contributed by atoms with Crippen LogP contribution in [0.15, 0.2) is 42.5 Å². The number of amides is 1. The Morgan fingerprint density at radius 1 is 1.08 bits per heavy atom. The molecular weight excluding hydrogens is 322 g/mol. The van der Waals surface area contributed by atoms with Crippen LogP contribution in [-0.2, 0) is 11.2 Å². The van der Waals surface area contributed by atoms with Crippen LogP contribution in [0.1, 0.15) is 56.2 Å². The number of unbranched alkanes of at least 4 members (excludes halogenated alkanes) is 2. The topological polar surface area (TPSA) is 38.3 Å². The first-order valence-electron chi connectivity index (χ1n) is 9.67. The van der Waals surface area contributed by atoms with Crippen molar-refractivity contribution in [3.63, 3.8) is 0 Å². The molecule has 0 bridgehead atoms. The van der Waals surface area contributed by atoms with Crippen molar-refractivity contribution in [1.29, 1.82) is 0 Å². The summed E-state index contributed by atoms with van der Waals surface area (Å²) in [5.41, 5.74) is 4.34. The molecule has 0 aliphatic carbocycles. The van der Waals surface area contributed by atoms with Gasteiger partial charge >= 0.3 is 0 Å². The summed E-state index contributed by atoms with van der Waals surface area (Å²) in [6.45, 7) is 8.24. The minimum Gasteiger partial charge on any atom is -0.480 e. The SMILES string of the molecule is CCCCCc1ccc(OC(CC)C(=O)Nc2cccc(C)c2)c(C)c1. The molecule has 3 nitrogen and oxygen atoms in total. The van der Waals surface area contributed by atoms with E-state index in [0.717, 1.165) is 29.0 Å². The van der Waals surface area contributed by atoms with Crippen LogP contribution in [0.4, 0.5) is 5.69 Å². The zero-order valence-corrected chi connectivity index (χ0v) is 16.5. The molecule has 0 aromatic heterocycles. The minimum absolute atomic E-state index is 0.107. The van der Waals surface area contributed by atoms with Gasteiger partial charge < -0.3 is 10.1 Å². The van der Waals surface area contributed by atoms with E-state index in [1.807, 2.05) is 51.1 Å². The molecular formula is C23H31NO2. The number of hydrogen-bond donors (Lipinski definition) is 1. The van der Waals surface area contributed by atoms with E-state index in [1.54, 1.807) is 0 Å². The first-order chi connectivity index (χ1) is 12.5. The van der Waals surface area contributed by atoms with Crippen LogP contribution in [0.2, 0.25) is 0 Å². The third-order valence-corrected chi connectivity index (χ3v) is 4.53. The Bertz CT molecular complexity index is 724. The highest BCUT2D eigenvalue weighted by atomic mass is 16.5. The molecule has 2 aromatic carbocycles. The molecule has 0 heterocycles. The van der Waals surface area contributed by atoms with Crippen LogP contribution in [0, 0.1) is 13.8 Å². The standard InChI is InChI=1S/C23H31NO2/c1-5-7-8-11-19-13-14-22(18(4)16-19)26-21(6-2)23(25)24-20-12-9-10-17(3)15-20/h9-10,12-16,21H,5-8,11H2,1-4H3,(H,24,25). The molecule has 0 fully saturated rings. The number of carbonyl (C=O) groups is 1. The summed E-state index contributed by atoms with van der Waals surface area (Å²) >= 11 is 0. The number of hydrogen-bond acceptors (Lipinski definition) is 2. The third-order valence-electron chi connectivity index (χ3n) is 4.53. The molecule has 0 aliphatic rings. The Morgan fingerprint density at radius 3 is 2.54 bits per heavy atom. The summed E-state index contributed by atoms with van der Waals surface area (Å²) < 4.78 is 6.03. The smallest absolute Gasteiger partial charge is 0.265 e. The van der Waals surface area contributed by atoms with Crippen LogP contribution in [0.25, 0.3) is 0 Å². The second-order valence-electron chi connectivity index (χ2n) is 6.93. The number of rotatable bonds is 9. The van der Waals surface area contributed by atoms with Crippen molar-refractivity contribution in [2.45, 2.75) is 65.9 Å². The molecule has 0 aliphatic heterocycles. The van der Waals surface area contributed by atoms with Gasteiger partial charge in [0.2, 0.25) is 0 Å². The van der Waals surface area contributed by atoms with Crippen molar-refractivity contribution >= 4 is 11.6 Å². The number of carbonyl (C=O) groups excluding carboxylic acids is 1. The predicted octanol–water partition coefficient (Wildman–Crippen LogP) is 5.83. The summed E-state index contributed by atoms with van der Waals surface area (Å²) in [4.78, 5) is 12.6. The number of nitrogens with one attached hydrogen (secondary N) is 1. The molecule has 140 valence electrons. The van der Waals surface area contributed by atoms with E-state index >= 15 is 0 Å². The Hall–Kier alpha value is -2.29. The van der Waals surface area contributed by atoms with Crippen LogP contribution in [0.3, 0.4) is 0 Å². The Kier molecular flexibility index (Phi) is 7.71. The predicted molar refractivity (Wildman–Crippen MR) is 109 cm³/mol. The van der Waals surface area contributed by atoms with Crippen molar-refractivity contribution < 1.29 is 9.53 Å². The zero-order chi connectivity index (χ0) is 18.9. The van der Waals surface area contributed by atoms with Crippen LogP contribution >= 0.6 is 0 Å². The fraction of sp³-hybridized carbons (Fsp3) is 0.435. The Morgan fingerprint density at radius 2 is 1.88 bits per heavy atom. The highest BCUT2D eigenvalue weighted by molar-refractivity contribution is 5.94. The molecule has 0 radical (unpaired) electrons. The van der Waals surface area contributed by atoms with E-state index in [0.29, 0.717) is 6.42 Å². The summed E-state index contributed by atoms with van der Waals surface area (Å²) in [7, 11) is 0. The van der Waals surface area contributed by atoms with Gasteiger partial charge in [-0.3, -0.25) is 4.79 Å². The lowest BCUT2D eigenvalue weighted by Crippen LogP contribution is -2.32. The second-order valence-corrected chi connectivity index (χ2v) is 6.93. The zero-order valence-electron chi connectivity index (χ0n) is 16.5. The summed E-state index contributed by atoms with van der Waals surface area (Å²) in [5.74, 6) is 0.681. The molecule has 3 heteroatoms. The number of aryl methyl sites for hydroxylation is 3. The van der Waals surface area contributed by atoms with Gasteiger partial charge in [0, 0.05) is 5.69 Å². The third kappa shape index (κ3) is 5.91. The van der Waals surface area contributed by atoms with Gasteiger partial charge in [-0.15, -0.1) is 0 Å². The monoisotopic (exact) mass is 353 g/mol. The largest absolute Gasteiger partial charge is 0.480 e. The van der Waals surface area contributed by atoms with E-state index in [9.17, 15) is 4.79 Å². The normalized spacial score (nSPS) is 11.8. The molecule has 1 N–H and O–H groups in total. The van der Waals surface area contributed by atoms with E-state index < -0.39 is 6.10 Å². The van der Waals surface area contributed by atoms with Crippen LogP contribution in [0.5, 0.6) is 5.75 Å². The van der Waals surface area contributed by atoms with Crippen LogP contribution < -0.4 is 10.1 Å². The van der Waals surface area contributed by atoms with Gasteiger partial charge in [-0.1, -0.05) is 51.0 Å². The van der Waals surface area contributed by atoms with Crippen molar-refractivity contribution in [3.05, 3.63) is 59.2 Å². The molecule has 0 saturated carbocycles. The Balaban J connectivity index is 2.01. The minimum atomic E-state index is -0.500. The highest BCUT2D eigenvalue weighted by Crippen LogP contribution is 2.23. The number of ether oxygens (including phenoxy) is 1. The van der Waals surface area contributed by atoms with Gasteiger partial charge in [0.15, 0.2) is 6.10 Å². The van der Waals surface area contributed by atoms with Gasteiger partial charge in [0.1, 0.15) is 5.75 Å². The lowest BCUT2D eigenvalue weighted by molar-refractivity contribution is -0.122. The lowest BCUT2D eigenvalue weighted by Gasteiger charge is -2.19. The van der Waals surface area contributed by atoms with Gasteiger partial charge in [-0.25, -0.2) is 0 Å². The number of benzene rings is 2. The molecule has 26 heavy (non-hydrogen) atoms. The maximum absolute atomic E-state index is 12.6. The first kappa shape index (κ1) is 20.0. The first-order valence-corrected chi connectivity index (χ1v) is 9.67. The summed E-state index contributed by atoms with van der Waals surface area (Å²) in [5, 5.41) is 2.96. The molecule has 2 rings (SSSR count). The van der Waals surface area contributed by atoms with E-state index in [1.165, 1.54) is 24.8 Å². The van der Waals surface area contributed by atoms with Gasteiger partial charge in [-0.05, 0) is 68.0 Å². The molecule has 1 amide bonds. The molecule has 2 aromatic rings. The second kappa shape index (κ2) is 10.0. The average molecular weight is 354 g/mol. The highest BCUT2D eigenvalue weighted by Gasteiger charge is 2.19. The van der Waals surface area contributed by atoms with E-state index in [2.05, 4.69) is 24.4 Å². The maximum atomic E-state index is 12.6. The molecule has 1 atom stereocenters. The molecule has 0 saturated heterocycles. The van der Waals surface area contributed by atoms with E-state index in [-0.39, 0.29) is 5.91 Å². The maximum Gasteiger partial charge on any atom is 0.265 e. The van der Waals surface area contributed by atoms with Crippen molar-refractivity contribution in [2.24, 2.45) is 0 Å². The fourth-order valence-electron chi connectivity index (χ4n) is 3.00. The number of anilines is 1. The van der Waals surface area contributed by atoms with Gasteiger partial charge in [0.25, 0.3) is 5.91 Å². The molecule has 1 unspecified atom stereocenters. The quantitative estimate of drug-likeness (QED) is 0.576. The van der Waals surface area contributed by atoms with E-state index in [4.69, 9.17) is 4.74 Å². The van der Waals surface area contributed by atoms with Crippen molar-refractivity contribution in [3.8, 4) is 5.75 Å². The van der Waals surface area contributed by atoms with Crippen LogP contribution in [-0.4, -0.2) is 12.0 Å². The van der Waals surface area contributed by atoms with Gasteiger partial charge in [-0.2, -0.15) is 0 Å². The summed E-state index contributed by atoms with van der Waals surface area (Å²) in [6, 6.07) is 14.1. The Labute approximate surface area is 157 Å².